The van der Waals surface area contributed by atoms with E-state index in [1.165, 1.54) is 12.1 Å². The quantitative estimate of drug-likeness (QED) is 0.718. The highest BCUT2D eigenvalue weighted by Crippen LogP contribution is 2.28. The summed E-state index contributed by atoms with van der Waals surface area (Å²) in [6, 6.07) is 3.60. The number of alkyl halides is 6. The Balaban J connectivity index is 2.81. The fourth-order valence-corrected chi connectivity index (χ4v) is 1.58. The fraction of sp³-hybridized carbons (Fsp3) is 0.538. The van der Waals surface area contributed by atoms with Crippen LogP contribution >= 0.6 is 0 Å². The maximum Gasteiger partial charge on any atom is 0.422 e. The summed E-state index contributed by atoms with van der Waals surface area (Å²) in [7, 11) is 0. The highest BCUT2D eigenvalue weighted by Gasteiger charge is 2.29. The van der Waals surface area contributed by atoms with Gasteiger partial charge in [-0.2, -0.15) is 26.3 Å². The first kappa shape index (κ1) is 17.5. The molecule has 0 bridgehead atoms. The monoisotopic (exact) mass is 316 g/mol. The van der Waals surface area contributed by atoms with E-state index < -0.39 is 25.6 Å². The number of benzene rings is 1. The van der Waals surface area contributed by atoms with Gasteiger partial charge in [0.2, 0.25) is 0 Å². The minimum atomic E-state index is -4.48. The van der Waals surface area contributed by atoms with E-state index in [4.69, 9.17) is 0 Å². The van der Waals surface area contributed by atoms with Gasteiger partial charge in [-0.3, -0.25) is 0 Å². The molecule has 0 fully saturated rings. The SMILES string of the molecule is CCCc1cc(OCC(F)(F)F)ccc1OCC(F)(F)F. The predicted molar refractivity (Wildman–Crippen MR) is 63.5 cm³/mol. The van der Waals surface area contributed by atoms with Gasteiger partial charge in [0.25, 0.3) is 0 Å². The molecular weight excluding hydrogens is 302 g/mol. The van der Waals surface area contributed by atoms with Gasteiger partial charge in [0.1, 0.15) is 11.5 Å². The molecular formula is C13H14F6O2. The van der Waals surface area contributed by atoms with Crippen LogP contribution in [0.2, 0.25) is 0 Å². The van der Waals surface area contributed by atoms with Crippen LogP contribution in [0, 0.1) is 0 Å². The van der Waals surface area contributed by atoms with Crippen molar-refractivity contribution in [2.24, 2.45) is 0 Å². The number of aryl methyl sites for hydroxylation is 1. The van der Waals surface area contributed by atoms with Crippen LogP contribution in [-0.4, -0.2) is 25.6 Å². The van der Waals surface area contributed by atoms with Crippen molar-refractivity contribution in [1.29, 1.82) is 0 Å². The van der Waals surface area contributed by atoms with Crippen LogP contribution in [0.5, 0.6) is 11.5 Å². The molecule has 8 heteroatoms. The second kappa shape index (κ2) is 6.91. The van der Waals surface area contributed by atoms with Crippen LogP contribution in [0.4, 0.5) is 26.3 Å². The fourth-order valence-electron chi connectivity index (χ4n) is 1.58. The van der Waals surface area contributed by atoms with Crippen molar-refractivity contribution < 1.29 is 35.8 Å². The van der Waals surface area contributed by atoms with Gasteiger partial charge in [0, 0.05) is 0 Å². The van der Waals surface area contributed by atoms with E-state index in [9.17, 15) is 26.3 Å². The van der Waals surface area contributed by atoms with Crippen LogP contribution in [0.25, 0.3) is 0 Å². The molecule has 0 radical (unpaired) electrons. The van der Waals surface area contributed by atoms with E-state index in [1.807, 2.05) is 0 Å². The van der Waals surface area contributed by atoms with Gasteiger partial charge in [-0.1, -0.05) is 13.3 Å². The number of hydrogen-bond donors (Lipinski definition) is 0. The lowest BCUT2D eigenvalue weighted by Crippen LogP contribution is -2.20. The maximum absolute atomic E-state index is 12.1. The van der Waals surface area contributed by atoms with E-state index in [-0.39, 0.29) is 11.5 Å². The molecule has 0 heterocycles. The Labute approximate surface area is 117 Å². The first-order valence-corrected chi connectivity index (χ1v) is 6.13. The van der Waals surface area contributed by atoms with Crippen molar-refractivity contribution in [3.05, 3.63) is 23.8 Å². The zero-order valence-corrected chi connectivity index (χ0v) is 11.1. The third-order valence-corrected chi connectivity index (χ3v) is 2.35. The van der Waals surface area contributed by atoms with E-state index in [1.54, 1.807) is 6.92 Å². The molecule has 1 aromatic carbocycles. The number of rotatable bonds is 6. The molecule has 0 aliphatic rings. The molecule has 21 heavy (non-hydrogen) atoms. The Hall–Kier alpha value is -1.60. The first-order chi connectivity index (χ1) is 9.61. The number of ether oxygens (including phenoxy) is 2. The highest BCUT2D eigenvalue weighted by atomic mass is 19.4. The molecule has 0 N–H and O–H groups in total. The predicted octanol–water partition coefficient (Wildman–Crippen LogP) is 4.52. The van der Waals surface area contributed by atoms with Crippen molar-refractivity contribution in [2.75, 3.05) is 13.2 Å². The summed E-state index contributed by atoms with van der Waals surface area (Å²) in [6.45, 7) is -1.12. The molecule has 0 aliphatic heterocycles. The summed E-state index contributed by atoms with van der Waals surface area (Å²) in [4.78, 5) is 0. The Bertz CT molecular complexity index is 453. The molecule has 0 unspecified atom stereocenters. The largest absolute Gasteiger partial charge is 0.484 e. The minimum Gasteiger partial charge on any atom is -0.484 e. The summed E-state index contributed by atoms with van der Waals surface area (Å²) in [6.07, 6.45) is -7.98. The normalized spacial score (nSPS) is 12.3. The third-order valence-electron chi connectivity index (χ3n) is 2.35. The van der Waals surface area contributed by atoms with Crippen molar-refractivity contribution >= 4 is 0 Å². The summed E-state index contributed by atoms with van der Waals surface area (Å²) in [5.41, 5.74) is 0.376. The van der Waals surface area contributed by atoms with E-state index in [0.29, 0.717) is 18.4 Å². The molecule has 0 amide bonds. The van der Waals surface area contributed by atoms with Crippen molar-refractivity contribution in [3.63, 3.8) is 0 Å². The van der Waals surface area contributed by atoms with Crippen LogP contribution in [0.1, 0.15) is 18.9 Å². The van der Waals surface area contributed by atoms with E-state index >= 15 is 0 Å². The van der Waals surface area contributed by atoms with Crippen LogP contribution in [0.15, 0.2) is 18.2 Å². The average molecular weight is 316 g/mol. The second-order valence-electron chi connectivity index (χ2n) is 4.33. The summed E-state index contributed by atoms with van der Waals surface area (Å²) in [5.74, 6) is -0.0660. The van der Waals surface area contributed by atoms with Gasteiger partial charge in [-0.05, 0) is 30.2 Å². The van der Waals surface area contributed by atoms with Gasteiger partial charge >= 0.3 is 12.4 Å². The summed E-state index contributed by atoms with van der Waals surface area (Å²) >= 11 is 0. The smallest absolute Gasteiger partial charge is 0.422 e. The molecule has 2 nitrogen and oxygen atoms in total. The van der Waals surface area contributed by atoms with Crippen LogP contribution in [0.3, 0.4) is 0 Å². The maximum atomic E-state index is 12.1. The Morgan fingerprint density at radius 2 is 1.48 bits per heavy atom. The van der Waals surface area contributed by atoms with E-state index in [0.717, 1.165) is 6.07 Å². The first-order valence-electron chi connectivity index (χ1n) is 6.13. The van der Waals surface area contributed by atoms with Crippen LogP contribution in [-0.2, 0) is 6.42 Å². The summed E-state index contributed by atoms with van der Waals surface area (Å²) in [5, 5.41) is 0. The lowest BCUT2D eigenvalue weighted by molar-refractivity contribution is -0.154. The third kappa shape index (κ3) is 7.10. The zero-order valence-electron chi connectivity index (χ0n) is 11.1. The standard InChI is InChI=1S/C13H14F6O2/c1-2-3-9-6-10(20-7-12(14,15)16)4-5-11(9)21-8-13(17,18)19/h4-6H,2-3,7-8H2,1H3. The Morgan fingerprint density at radius 1 is 0.905 bits per heavy atom. The van der Waals surface area contributed by atoms with Crippen molar-refractivity contribution in [1.82, 2.24) is 0 Å². The average Bonchev–Trinajstić information content (AvgIpc) is 2.33. The Kier molecular flexibility index (Phi) is 5.74. The second-order valence-corrected chi connectivity index (χ2v) is 4.33. The molecule has 0 aliphatic carbocycles. The van der Waals surface area contributed by atoms with Crippen molar-refractivity contribution in [2.45, 2.75) is 32.1 Å². The molecule has 1 aromatic rings. The number of hydrogen-bond acceptors (Lipinski definition) is 2. The summed E-state index contributed by atoms with van der Waals surface area (Å²) < 4.78 is 81.7. The topological polar surface area (TPSA) is 18.5 Å². The number of halogens is 6. The zero-order chi connectivity index (χ0) is 16.1. The molecule has 1 rings (SSSR count). The van der Waals surface area contributed by atoms with Gasteiger partial charge in [0.05, 0.1) is 0 Å². The molecule has 120 valence electrons. The molecule has 0 spiro atoms. The minimum absolute atomic E-state index is 0.00599. The highest BCUT2D eigenvalue weighted by molar-refractivity contribution is 5.40. The van der Waals surface area contributed by atoms with E-state index in [2.05, 4.69) is 9.47 Å². The lowest BCUT2D eigenvalue weighted by Gasteiger charge is -2.15. The van der Waals surface area contributed by atoms with Gasteiger partial charge in [0.15, 0.2) is 13.2 Å². The lowest BCUT2D eigenvalue weighted by atomic mass is 10.1. The van der Waals surface area contributed by atoms with Crippen LogP contribution < -0.4 is 9.47 Å². The van der Waals surface area contributed by atoms with Gasteiger partial charge in [-0.15, -0.1) is 0 Å². The van der Waals surface area contributed by atoms with Crippen molar-refractivity contribution in [3.8, 4) is 11.5 Å². The van der Waals surface area contributed by atoms with Gasteiger partial charge in [-0.25, -0.2) is 0 Å². The molecule has 0 saturated heterocycles. The molecule has 0 atom stereocenters. The van der Waals surface area contributed by atoms with Gasteiger partial charge < -0.3 is 9.47 Å². The molecule has 0 saturated carbocycles. The Morgan fingerprint density at radius 3 is 2.00 bits per heavy atom. The molecule has 0 aromatic heterocycles.